The van der Waals surface area contributed by atoms with Crippen LogP contribution in [0.5, 0.6) is 0 Å². The van der Waals surface area contributed by atoms with E-state index in [0.717, 1.165) is 0 Å². The van der Waals surface area contributed by atoms with E-state index in [1.807, 2.05) is 0 Å². The first kappa shape index (κ1) is 13.9. The molecule has 104 valence electrons. The lowest BCUT2D eigenvalue weighted by atomic mass is 10.2. The zero-order valence-corrected chi connectivity index (χ0v) is 11.4. The van der Waals surface area contributed by atoms with E-state index < -0.39 is 5.97 Å². The van der Waals surface area contributed by atoms with Crippen LogP contribution in [-0.2, 0) is 14.3 Å². The van der Waals surface area contributed by atoms with Crippen molar-refractivity contribution < 1.29 is 14.3 Å². The number of nitrogens with two attached hydrogens (primary N) is 1. The van der Waals surface area contributed by atoms with E-state index in [9.17, 15) is 4.79 Å². The van der Waals surface area contributed by atoms with Gasteiger partial charge in [-0.05, 0) is 19.1 Å². The number of thiocarbonyl (C=S) groups is 1. The number of aromatic nitrogens is 1. The van der Waals surface area contributed by atoms with E-state index in [1.165, 1.54) is 0 Å². The van der Waals surface area contributed by atoms with Crippen molar-refractivity contribution in [1.82, 2.24) is 10.4 Å². The van der Waals surface area contributed by atoms with Crippen molar-refractivity contribution in [2.75, 3.05) is 6.61 Å². The summed E-state index contributed by atoms with van der Waals surface area (Å²) in [7, 11) is 0. The second kappa shape index (κ2) is 6.11. The lowest BCUT2D eigenvalue weighted by Crippen LogP contribution is -2.25. The molecule has 0 saturated heterocycles. The number of hydrazone groups is 1. The third-order valence-corrected chi connectivity index (χ3v) is 2.54. The maximum absolute atomic E-state index is 11.8. The molecule has 0 bridgehead atoms. The Morgan fingerprint density at radius 1 is 1.50 bits per heavy atom. The van der Waals surface area contributed by atoms with Gasteiger partial charge in [0.2, 0.25) is 11.8 Å². The van der Waals surface area contributed by atoms with Crippen LogP contribution in [-0.4, -0.2) is 28.4 Å². The number of esters is 1. The van der Waals surface area contributed by atoms with Crippen molar-refractivity contribution >= 4 is 29.1 Å². The topological polar surface area (TPSA) is 98.8 Å². The number of rotatable bonds is 4. The molecule has 1 aliphatic heterocycles. The summed E-state index contributed by atoms with van der Waals surface area (Å²) in [5.74, 6) is -0.308. The zero-order valence-electron chi connectivity index (χ0n) is 10.6. The van der Waals surface area contributed by atoms with Gasteiger partial charge in [-0.3, -0.25) is 4.98 Å². The molecule has 0 atom stereocenters. The number of hydrogen-bond acceptors (Lipinski definition) is 7. The molecule has 2 rings (SSSR count). The van der Waals surface area contributed by atoms with Gasteiger partial charge in [-0.1, -0.05) is 12.2 Å². The summed E-state index contributed by atoms with van der Waals surface area (Å²) in [6.45, 7) is 1.89. The number of hydrogen-bond donors (Lipinski definition) is 2. The highest BCUT2D eigenvalue weighted by Gasteiger charge is 2.26. The van der Waals surface area contributed by atoms with Crippen molar-refractivity contribution in [2.24, 2.45) is 10.8 Å². The largest absolute Gasteiger partial charge is 0.462 e. The first-order chi connectivity index (χ1) is 9.63. The minimum atomic E-state index is -0.659. The van der Waals surface area contributed by atoms with E-state index in [1.54, 1.807) is 31.5 Å². The van der Waals surface area contributed by atoms with Crippen LogP contribution >= 0.6 is 12.2 Å². The summed E-state index contributed by atoms with van der Waals surface area (Å²) >= 11 is 4.84. The first-order valence-electron chi connectivity index (χ1n) is 5.76. The normalized spacial score (nSPS) is 15.8. The lowest BCUT2D eigenvalue weighted by Gasteiger charge is -2.08. The van der Waals surface area contributed by atoms with E-state index in [0.29, 0.717) is 11.5 Å². The number of carbonyl (C=O) groups excluding carboxylic acids is 1. The van der Waals surface area contributed by atoms with Gasteiger partial charge >= 0.3 is 5.97 Å². The minimum absolute atomic E-state index is 0.0466. The Hall–Kier alpha value is -2.48. The molecule has 20 heavy (non-hydrogen) atoms. The zero-order chi connectivity index (χ0) is 14.5. The molecule has 0 fully saturated rings. The molecule has 0 amide bonds. The number of pyridine rings is 1. The van der Waals surface area contributed by atoms with Crippen molar-refractivity contribution in [3.05, 3.63) is 41.5 Å². The van der Waals surface area contributed by atoms with Crippen LogP contribution in [0, 0.1) is 0 Å². The fraction of sp³-hybridized carbons (Fsp3) is 0.167. The summed E-state index contributed by atoms with van der Waals surface area (Å²) in [5.41, 5.74) is 8.76. The quantitative estimate of drug-likeness (QED) is 0.471. The van der Waals surface area contributed by atoms with Crippen LogP contribution in [0.15, 0.2) is 41.1 Å². The van der Waals surface area contributed by atoms with Gasteiger partial charge in [0, 0.05) is 18.0 Å². The lowest BCUT2D eigenvalue weighted by molar-refractivity contribution is -0.138. The second-order valence-corrected chi connectivity index (χ2v) is 4.10. The minimum Gasteiger partial charge on any atom is -0.462 e. The van der Waals surface area contributed by atoms with Gasteiger partial charge in [0.05, 0.1) is 6.61 Å². The molecule has 0 aliphatic carbocycles. The average molecular weight is 292 g/mol. The van der Waals surface area contributed by atoms with Crippen LogP contribution < -0.4 is 11.2 Å². The van der Waals surface area contributed by atoms with Gasteiger partial charge in [-0.25, -0.2) is 10.2 Å². The fourth-order valence-electron chi connectivity index (χ4n) is 1.48. The molecule has 1 aromatic heterocycles. The van der Waals surface area contributed by atoms with Crippen molar-refractivity contribution in [2.45, 2.75) is 6.92 Å². The maximum atomic E-state index is 11.8. The highest BCUT2D eigenvalue weighted by atomic mass is 32.1. The summed E-state index contributed by atoms with van der Waals surface area (Å²) in [6.07, 6.45) is 3.20. The third-order valence-electron chi connectivity index (χ3n) is 2.34. The highest BCUT2D eigenvalue weighted by Crippen LogP contribution is 2.15. The molecule has 2 heterocycles. The van der Waals surface area contributed by atoms with Crippen LogP contribution in [0.25, 0.3) is 0 Å². The molecule has 8 heteroatoms. The Balaban J connectivity index is 2.25. The van der Waals surface area contributed by atoms with Crippen LogP contribution in [0.1, 0.15) is 12.5 Å². The predicted octanol–water partition coefficient (Wildman–Crippen LogP) is 0.424. The Morgan fingerprint density at radius 2 is 2.20 bits per heavy atom. The van der Waals surface area contributed by atoms with Crippen LogP contribution in [0.4, 0.5) is 0 Å². The summed E-state index contributed by atoms with van der Waals surface area (Å²) in [5, 5.41) is 3.97. The second-order valence-electron chi connectivity index (χ2n) is 3.66. The molecule has 1 aromatic rings. The molecule has 3 N–H and O–H groups in total. The molecule has 7 nitrogen and oxygen atoms in total. The van der Waals surface area contributed by atoms with Crippen molar-refractivity contribution in [1.29, 1.82) is 0 Å². The van der Waals surface area contributed by atoms with E-state index in [2.05, 4.69) is 15.5 Å². The van der Waals surface area contributed by atoms with Crippen LogP contribution in [0.2, 0.25) is 0 Å². The molecule has 0 spiro atoms. The van der Waals surface area contributed by atoms with Crippen molar-refractivity contribution in [3.8, 4) is 0 Å². The van der Waals surface area contributed by atoms with Gasteiger partial charge in [-0.2, -0.15) is 0 Å². The summed E-state index contributed by atoms with van der Waals surface area (Å²) in [4.78, 5) is 15.6. The standard InChI is InChI=1S/C12H12N4O3S/c1-2-18-12(17)8(9(13)20)11-16-15-10(19-11)7-3-5-14-6-4-7/h3-6,16H,2H2,1H3,(H2,13,20). The van der Waals surface area contributed by atoms with E-state index >= 15 is 0 Å². The summed E-state index contributed by atoms with van der Waals surface area (Å²) in [6, 6.07) is 3.43. The average Bonchev–Trinajstić information content (AvgIpc) is 2.89. The smallest absolute Gasteiger partial charge is 0.346 e. The molecule has 0 aromatic carbocycles. The Labute approximate surface area is 120 Å². The van der Waals surface area contributed by atoms with Crippen molar-refractivity contribution in [3.63, 3.8) is 0 Å². The number of nitrogens with one attached hydrogen (secondary N) is 1. The molecule has 0 radical (unpaired) electrons. The van der Waals surface area contributed by atoms with Gasteiger partial charge in [0.15, 0.2) is 5.57 Å². The number of nitrogens with zero attached hydrogens (tertiary/aromatic N) is 2. The monoisotopic (exact) mass is 292 g/mol. The maximum Gasteiger partial charge on any atom is 0.346 e. The Morgan fingerprint density at radius 3 is 2.80 bits per heavy atom. The molecule has 0 saturated carbocycles. The highest BCUT2D eigenvalue weighted by molar-refractivity contribution is 7.80. The third kappa shape index (κ3) is 2.91. The van der Waals surface area contributed by atoms with E-state index in [4.69, 9.17) is 27.4 Å². The van der Waals surface area contributed by atoms with Gasteiger partial charge in [0.1, 0.15) is 4.99 Å². The SMILES string of the molecule is CCOC(=O)C(C(N)=S)=C1NN=C(c2ccncc2)O1. The van der Waals surface area contributed by atoms with E-state index in [-0.39, 0.29) is 23.1 Å². The van der Waals surface area contributed by atoms with Crippen LogP contribution in [0.3, 0.4) is 0 Å². The molecular weight excluding hydrogens is 280 g/mol. The van der Waals surface area contributed by atoms with Gasteiger partial charge in [-0.15, -0.1) is 5.10 Å². The molecule has 1 aliphatic rings. The van der Waals surface area contributed by atoms with Gasteiger partial charge in [0.25, 0.3) is 0 Å². The number of ether oxygens (including phenoxy) is 2. The Kier molecular flexibility index (Phi) is 4.26. The fourth-order valence-corrected chi connectivity index (χ4v) is 1.65. The molecule has 0 unspecified atom stereocenters. The first-order valence-corrected chi connectivity index (χ1v) is 6.17. The predicted molar refractivity (Wildman–Crippen MR) is 75.4 cm³/mol. The Bertz CT molecular complexity index is 598. The number of carbonyl (C=O) groups is 1. The molecular formula is C12H12N4O3S. The summed E-state index contributed by atoms with van der Waals surface area (Å²) < 4.78 is 10.3. The van der Waals surface area contributed by atoms with Gasteiger partial charge < -0.3 is 15.2 Å².